The van der Waals surface area contributed by atoms with Gasteiger partial charge in [-0.1, -0.05) is 0 Å². The van der Waals surface area contributed by atoms with Crippen LogP contribution in [-0.2, 0) is 0 Å². The first kappa shape index (κ1) is 13.1. The third-order valence-corrected chi connectivity index (χ3v) is 2.28. The molecule has 16 heavy (non-hydrogen) atoms. The summed E-state index contributed by atoms with van der Waals surface area (Å²) in [4.78, 5) is 12.8. The molecule has 2 N–H and O–H groups in total. The first-order valence-corrected chi connectivity index (χ1v) is 5.13. The van der Waals surface area contributed by atoms with Crippen LogP contribution in [0.5, 0.6) is 0 Å². The van der Waals surface area contributed by atoms with E-state index >= 15 is 0 Å². The molecule has 2 unspecified atom stereocenters. The van der Waals surface area contributed by atoms with Gasteiger partial charge in [0.25, 0.3) is 0 Å². The van der Waals surface area contributed by atoms with Gasteiger partial charge in [0.2, 0.25) is 0 Å². The quantitative estimate of drug-likeness (QED) is 0.715. The summed E-state index contributed by atoms with van der Waals surface area (Å²) >= 11 is 0. The van der Waals surface area contributed by atoms with Crippen molar-refractivity contribution >= 4 is 6.03 Å². The van der Waals surface area contributed by atoms with Crippen LogP contribution in [0.25, 0.3) is 0 Å². The summed E-state index contributed by atoms with van der Waals surface area (Å²) in [5.74, 6) is 0. The van der Waals surface area contributed by atoms with E-state index in [4.69, 9.17) is 0 Å². The highest BCUT2D eigenvalue weighted by atomic mass is 19.4. The molecule has 2 atom stereocenters. The Labute approximate surface area is 92.2 Å². The Balaban J connectivity index is 2.41. The number of amides is 2. The normalized spacial score (nSPS) is 26.7. The minimum atomic E-state index is -4.36. The fourth-order valence-corrected chi connectivity index (χ4v) is 1.78. The summed E-state index contributed by atoms with van der Waals surface area (Å²) in [6, 6.07) is -0.460. The maximum absolute atomic E-state index is 11.9. The van der Waals surface area contributed by atoms with Crippen LogP contribution in [0.3, 0.4) is 0 Å². The second kappa shape index (κ2) is 4.90. The molecule has 0 aromatic carbocycles. The van der Waals surface area contributed by atoms with Gasteiger partial charge in [0.1, 0.15) is 6.54 Å². The second-order valence-corrected chi connectivity index (χ2v) is 4.15. The summed E-state index contributed by atoms with van der Waals surface area (Å²) in [6.07, 6.45) is -4.36. The Hall–Kier alpha value is -0.980. The molecule has 1 saturated heterocycles. The van der Waals surface area contributed by atoms with Gasteiger partial charge in [-0.15, -0.1) is 0 Å². The van der Waals surface area contributed by atoms with Gasteiger partial charge in [0.05, 0.1) is 0 Å². The number of hydrogen-bond acceptors (Lipinski definition) is 2. The standard InChI is InChI=1S/C9H16F3N3O/c1-6-3-15(4-7(2)14-6)8(16)13-5-9(10,11)12/h6-7,14H,3-5H2,1-2H3,(H,13,16). The van der Waals surface area contributed by atoms with Gasteiger partial charge in [0, 0.05) is 25.2 Å². The van der Waals surface area contributed by atoms with Crippen LogP contribution < -0.4 is 10.6 Å². The van der Waals surface area contributed by atoms with Crippen LogP contribution in [0.1, 0.15) is 13.8 Å². The van der Waals surface area contributed by atoms with Crippen molar-refractivity contribution in [3.63, 3.8) is 0 Å². The fourth-order valence-electron chi connectivity index (χ4n) is 1.78. The number of piperazine rings is 1. The molecule has 0 spiro atoms. The molecular weight excluding hydrogens is 223 g/mol. The minimum Gasteiger partial charge on any atom is -0.329 e. The Bertz CT molecular complexity index is 247. The number of hydrogen-bond donors (Lipinski definition) is 2. The highest BCUT2D eigenvalue weighted by molar-refractivity contribution is 5.74. The number of urea groups is 1. The molecule has 0 radical (unpaired) electrons. The van der Waals surface area contributed by atoms with Crippen molar-refractivity contribution in [1.82, 2.24) is 15.5 Å². The van der Waals surface area contributed by atoms with Crippen LogP contribution in [-0.4, -0.2) is 48.8 Å². The number of alkyl halides is 3. The van der Waals surface area contributed by atoms with Gasteiger partial charge >= 0.3 is 12.2 Å². The number of halogens is 3. The average Bonchev–Trinajstić information content (AvgIpc) is 2.11. The van der Waals surface area contributed by atoms with Gasteiger partial charge in [0.15, 0.2) is 0 Å². The van der Waals surface area contributed by atoms with Crippen molar-refractivity contribution in [2.45, 2.75) is 32.1 Å². The first-order valence-electron chi connectivity index (χ1n) is 5.13. The Kier molecular flexibility index (Phi) is 4.01. The summed E-state index contributed by atoms with van der Waals surface area (Å²) in [6.45, 7) is 3.35. The van der Waals surface area contributed by atoms with Crippen molar-refractivity contribution in [2.75, 3.05) is 19.6 Å². The predicted octanol–water partition coefficient (Wildman–Crippen LogP) is 0.940. The second-order valence-electron chi connectivity index (χ2n) is 4.15. The van der Waals surface area contributed by atoms with Crippen LogP contribution in [0.4, 0.5) is 18.0 Å². The van der Waals surface area contributed by atoms with Crippen molar-refractivity contribution in [3.8, 4) is 0 Å². The lowest BCUT2D eigenvalue weighted by Crippen LogP contribution is -2.58. The van der Waals surface area contributed by atoms with Gasteiger partial charge in [-0.2, -0.15) is 13.2 Å². The number of nitrogens with one attached hydrogen (secondary N) is 2. The largest absolute Gasteiger partial charge is 0.405 e. The maximum atomic E-state index is 11.9. The molecule has 1 aliphatic rings. The van der Waals surface area contributed by atoms with Crippen LogP contribution >= 0.6 is 0 Å². The van der Waals surface area contributed by atoms with Crippen molar-refractivity contribution in [2.24, 2.45) is 0 Å². The third-order valence-electron chi connectivity index (χ3n) is 2.28. The van der Waals surface area contributed by atoms with E-state index in [1.165, 1.54) is 4.90 Å². The van der Waals surface area contributed by atoms with E-state index in [1.54, 1.807) is 0 Å². The first-order chi connectivity index (χ1) is 7.28. The topological polar surface area (TPSA) is 44.4 Å². The molecule has 0 aromatic heterocycles. The zero-order valence-corrected chi connectivity index (χ0v) is 9.27. The Morgan fingerprint density at radius 3 is 2.31 bits per heavy atom. The summed E-state index contributed by atoms with van der Waals surface area (Å²) in [5, 5.41) is 5.06. The van der Waals surface area contributed by atoms with Gasteiger partial charge < -0.3 is 15.5 Å². The average molecular weight is 239 g/mol. The third kappa shape index (κ3) is 4.26. The van der Waals surface area contributed by atoms with Gasteiger partial charge in [-0.05, 0) is 13.8 Å². The van der Waals surface area contributed by atoms with Gasteiger partial charge in [-0.3, -0.25) is 0 Å². The van der Waals surface area contributed by atoms with E-state index in [9.17, 15) is 18.0 Å². The monoisotopic (exact) mass is 239 g/mol. The lowest BCUT2D eigenvalue weighted by atomic mass is 10.1. The summed E-state index contributed by atoms with van der Waals surface area (Å²) in [5.41, 5.74) is 0. The molecule has 1 aliphatic heterocycles. The smallest absolute Gasteiger partial charge is 0.329 e. The number of carbonyl (C=O) groups excluding carboxylic acids is 1. The van der Waals surface area contributed by atoms with Crippen molar-refractivity contribution < 1.29 is 18.0 Å². The Morgan fingerprint density at radius 2 is 1.88 bits per heavy atom. The van der Waals surface area contributed by atoms with E-state index in [-0.39, 0.29) is 12.1 Å². The zero-order valence-electron chi connectivity index (χ0n) is 9.27. The Morgan fingerprint density at radius 1 is 1.38 bits per heavy atom. The van der Waals surface area contributed by atoms with E-state index in [0.717, 1.165) is 0 Å². The number of nitrogens with zero attached hydrogens (tertiary/aromatic N) is 1. The summed E-state index contributed by atoms with van der Waals surface area (Å²) < 4.78 is 35.7. The zero-order chi connectivity index (χ0) is 12.3. The molecule has 0 saturated carbocycles. The molecule has 0 aromatic rings. The summed E-state index contributed by atoms with van der Waals surface area (Å²) in [7, 11) is 0. The fraction of sp³-hybridized carbons (Fsp3) is 0.889. The number of carbonyl (C=O) groups is 1. The molecule has 4 nitrogen and oxygen atoms in total. The maximum Gasteiger partial charge on any atom is 0.405 e. The minimum absolute atomic E-state index is 0.0976. The van der Waals surface area contributed by atoms with E-state index in [1.807, 2.05) is 19.2 Å². The lowest BCUT2D eigenvalue weighted by molar-refractivity contribution is -0.123. The van der Waals surface area contributed by atoms with E-state index in [0.29, 0.717) is 13.1 Å². The van der Waals surface area contributed by atoms with Crippen LogP contribution in [0.2, 0.25) is 0 Å². The van der Waals surface area contributed by atoms with Crippen LogP contribution in [0.15, 0.2) is 0 Å². The van der Waals surface area contributed by atoms with E-state index in [2.05, 4.69) is 5.32 Å². The molecule has 0 aliphatic carbocycles. The van der Waals surface area contributed by atoms with Crippen molar-refractivity contribution in [1.29, 1.82) is 0 Å². The predicted molar refractivity (Wildman–Crippen MR) is 53.1 cm³/mol. The van der Waals surface area contributed by atoms with Gasteiger partial charge in [-0.25, -0.2) is 4.79 Å². The SMILES string of the molecule is CC1CN(C(=O)NCC(F)(F)F)CC(C)N1. The number of rotatable bonds is 1. The molecule has 1 rings (SSSR count). The molecular formula is C9H16F3N3O. The molecule has 1 fully saturated rings. The van der Waals surface area contributed by atoms with Crippen molar-refractivity contribution in [3.05, 3.63) is 0 Å². The molecule has 7 heteroatoms. The molecule has 94 valence electrons. The van der Waals surface area contributed by atoms with E-state index < -0.39 is 18.8 Å². The highest BCUT2D eigenvalue weighted by Gasteiger charge is 2.30. The molecule has 1 heterocycles. The highest BCUT2D eigenvalue weighted by Crippen LogP contribution is 2.12. The molecule has 2 amide bonds. The lowest BCUT2D eigenvalue weighted by Gasteiger charge is -2.36. The molecule has 0 bridgehead atoms. The van der Waals surface area contributed by atoms with Crippen LogP contribution in [0, 0.1) is 0 Å².